The summed E-state index contributed by atoms with van der Waals surface area (Å²) in [5.74, 6) is -0.289. The standard InChI is InChI=1S/C10H19NO4/c1-13-6-9-8(14-2)5-7(15-9)3-4-10(11)12/h7-9H,3-6H2,1-2H3,(H2,11,12)/t7-,8+,9-/m1/s1. The predicted molar refractivity (Wildman–Crippen MR) is 54.4 cm³/mol. The van der Waals surface area contributed by atoms with Gasteiger partial charge in [0, 0.05) is 27.1 Å². The highest BCUT2D eigenvalue weighted by atomic mass is 16.6. The minimum absolute atomic E-state index is 0.0297. The molecule has 0 unspecified atom stereocenters. The van der Waals surface area contributed by atoms with Crippen molar-refractivity contribution in [1.29, 1.82) is 0 Å². The SMILES string of the molecule is COC[C@H]1O[C@H](CCC(N)=O)C[C@@H]1OC. The molecule has 15 heavy (non-hydrogen) atoms. The van der Waals surface area contributed by atoms with Crippen molar-refractivity contribution in [2.24, 2.45) is 5.73 Å². The predicted octanol–water partition coefficient (Wildman–Crippen LogP) is 0.0708. The number of methoxy groups -OCH3 is 2. The Bertz CT molecular complexity index is 210. The van der Waals surface area contributed by atoms with Crippen LogP contribution in [0.2, 0.25) is 0 Å². The number of amides is 1. The fourth-order valence-corrected chi connectivity index (χ4v) is 1.85. The lowest BCUT2D eigenvalue weighted by Crippen LogP contribution is -2.27. The van der Waals surface area contributed by atoms with Crippen molar-refractivity contribution in [3.05, 3.63) is 0 Å². The van der Waals surface area contributed by atoms with Gasteiger partial charge in [-0.1, -0.05) is 0 Å². The number of rotatable bonds is 6. The van der Waals surface area contributed by atoms with E-state index in [-0.39, 0.29) is 24.2 Å². The second-order valence-corrected chi connectivity index (χ2v) is 3.77. The number of ether oxygens (including phenoxy) is 3. The smallest absolute Gasteiger partial charge is 0.217 e. The van der Waals surface area contributed by atoms with Crippen molar-refractivity contribution in [1.82, 2.24) is 0 Å². The molecule has 88 valence electrons. The molecule has 0 saturated carbocycles. The topological polar surface area (TPSA) is 70.8 Å². The van der Waals surface area contributed by atoms with Crippen LogP contribution < -0.4 is 5.73 Å². The summed E-state index contributed by atoms with van der Waals surface area (Å²) in [5.41, 5.74) is 5.08. The van der Waals surface area contributed by atoms with E-state index in [1.165, 1.54) is 0 Å². The molecule has 0 aromatic carbocycles. The highest BCUT2D eigenvalue weighted by molar-refractivity contribution is 5.73. The molecule has 1 aliphatic heterocycles. The fraction of sp³-hybridized carbons (Fsp3) is 0.900. The Kier molecular flexibility index (Phi) is 5.01. The van der Waals surface area contributed by atoms with E-state index in [1.807, 2.05) is 0 Å². The van der Waals surface area contributed by atoms with E-state index < -0.39 is 0 Å². The number of nitrogens with two attached hydrogens (primary N) is 1. The zero-order valence-electron chi connectivity index (χ0n) is 9.27. The van der Waals surface area contributed by atoms with Gasteiger partial charge in [0.2, 0.25) is 5.91 Å². The van der Waals surface area contributed by atoms with Gasteiger partial charge in [0.1, 0.15) is 6.10 Å². The van der Waals surface area contributed by atoms with Crippen LogP contribution >= 0.6 is 0 Å². The molecule has 3 atom stereocenters. The molecule has 1 heterocycles. The zero-order valence-corrected chi connectivity index (χ0v) is 9.27. The van der Waals surface area contributed by atoms with Crippen LogP contribution in [-0.2, 0) is 19.0 Å². The number of carbonyl (C=O) groups is 1. The maximum Gasteiger partial charge on any atom is 0.217 e. The molecule has 0 radical (unpaired) electrons. The molecule has 1 aliphatic rings. The Hall–Kier alpha value is -0.650. The van der Waals surface area contributed by atoms with Gasteiger partial charge in [-0.05, 0) is 6.42 Å². The summed E-state index contributed by atoms with van der Waals surface area (Å²) in [4.78, 5) is 10.6. The Morgan fingerprint density at radius 2 is 2.27 bits per heavy atom. The van der Waals surface area contributed by atoms with E-state index in [1.54, 1.807) is 14.2 Å². The van der Waals surface area contributed by atoms with Crippen LogP contribution in [0.3, 0.4) is 0 Å². The number of hydrogen-bond donors (Lipinski definition) is 1. The minimum Gasteiger partial charge on any atom is -0.382 e. The number of hydrogen-bond acceptors (Lipinski definition) is 4. The highest BCUT2D eigenvalue weighted by Gasteiger charge is 2.35. The maximum absolute atomic E-state index is 10.6. The molecular formula is C10H19NO4. The Morgan fingerprint density at radius 1 is 1.53 bits per heavy atom. The lowest BCUT2D eigenvalue weighted by molar-refractivity contribution is -0.118. The first-order valence-corrected chi connectivity index (χ1v) is 5.12. The van der Waals surface area contributed by atoms with Crippen molar-refractivity contribution < 1.29 is 19.0 Å². The van der Waals surface area contributed by atoms with E-state index in [2.05, 4.69) is 0 Å². The summed E-state index contributed by atoms with van der Waals surface area (Å²) >= 11 is 0. The molecule has 5 heteroatoms. The molecule has 0 spiro atoms. The van der Waals surface area contributed by atoms with Gasteiger partial charge >= 0.3 is 0 Å². The molecule has 1 fully saturated rings. The van der Waals surface area contributed by atoms with Gasteiger partial charge in [-0.25, -0.2) is 0 Å². The largest absolute Gasteiger partial charge is 0.382 e. The van der Waals surface area contributed by atoms with Crippen molar-refractivity contribution >= 4 is 5.91 Å². The molecule has 1 saturated heterocycles. The molecule has 1 rings (SSSR count). The summed E-state index contributed by atoms with van der Waals surface area (Å²) in [5, 5.41) is 0. The third-order valence-corrected chi connectivity index (χ3v) is 2.62. The van der Waals surface area contributed by atoms with Crippen molar-refractivity contribution in [3.8, 4) is 0 Å². The summed E-state index contributed by atoms with van der Waals surface area (Å²) < 4.78 is 16.0. The summed E-state index contributed by atoms with van der Waals surface area (Å²) in [7, 11) is 3.29. The minimum atomic E-state index is -0.289. The molecular weight excluding hydrogens is 198 g/mol. The monoisotopic (exact) mass is 217 g/mol. The Morgan fingerprint density at radius 3 is 2.80 bits per heavy atom. The molecule has 0 bridgehead atoms. The van der Waals surface area contributed by atoms with E-state index in [4.69, 9.17) is 19.9 Å². The first-order valence-electron chi connectivity index (χ1n) is 5.12. The first-order chi connectivity index (χ1) is 7.17. The summed E-state index contributed by atoms with van der Waals surface area (Å²) in [6, 6.07) is 0. The van der Waals surface area contributed by atoms with Crippen LogP contribution in [0, 0.1) is 0 Å². The Balaban J connectivity index is 2.35. The van der Waals surface area contributed by atoms with E-state index in [0.717, 1.165) is 6.42 Å². The molecule has 1 amide bonds. The number of carbonyl (C=O) groups excluding carboxylic acids is 1. The summed E-state index contributed by atoms with van der Waals surface area (Å²) in [6.07, 6.45) is 1.91. The van der Waals surface area contributed by atoms with Gasteiger partial charge in [0.25, 0.3) is 0 Å². The third-order valence-electron chi connectivity index (χ3n) is 2.62. The first kappa shape index (κ1) is 12.4. The fourth-order valence-electron chi connectivity index (χ4n) is 1.85. The van der Waals surface area contributed by atoms with Gasteiger partial charge in [-0.3, -0.25) is 4.79 Å². The second kappa shape index (κ2) is 6.05. The molecule has 0 aromatic heterocycles. The van der Waals surface area contributed by atoms with Crippen molar-refractivity contribution in [3.63, 3.8) is 0 Å². The van der Waals surface area contributed by atoms with Gasteiger partial charge in [0.05, 0.1) is 18.8 Å². The van der Waals surface area contributed by atoms with E-state index in [0.29, 0.717) is 19.4 Å². The van der Waals surface area contributed by atoms with Gasteiger partial charge < -0.3 is 19.9 Å². The molecule has 2 N–H and O–H groups in total. The van der Waals surface area contributed by atoms with Crippen LogP contribution in [0.4, 0.5) is 0 Å². The van der Waals surface area contributed by atoms with Crippen LogP contribution in [0.25, 0.3) is 0 Å². The van der Waals surface area contributed by atoms with Crippen LogP contribution in [0.15, 0.2) is 0 Å². The van der Waals surface area contributed by atoms with Crippen LogP contribution in [-0.4, -0.2) is 45.0 Å². The maximum atomic E-state index is 10.6. The zero-order chi connectivity index (χ0) is 11.3. The average Bonchev–Trinajstić information content (AvgIpc) is 2.58. The van der Waals surface area contributed by atoms with Gasteiger partial charge in [-0.2, -0.15) is 0 Å². The molecule has 0 aliphatic carbocycles. The average molecular weight is 217 g/mol. The highest BCUT2D eigenvalue weighted by Crippen LogP contribution is 2.25. The van der Waals surface area contributed by atoms with Gasteiger partial charge in [-0.15, -0.1) is 0 Å². The van der Waals surface area contributed by atoms with Crippen LogP contribution in [0.1, 0.15) is 19.3 Å². The lowest BCUT2D eigenvalue weighted by atomic mass is 10.1. The number of primary amides is 1. The van der Waals surface area contributed by atoms with Crippen molar-refractivity contribution in [2.75, 3.05) is 20.8 Å². The summed E-state index contributed by atoms with van der Waals surface area (Å²) in [6.45, 7) is 0.519. The quantitative estimate of drug-likeness (QED) is 0.683. The van der Waals surface area contributed by atoms with Gasteiger partial charge in [0.15, 0.2) is 0 Å². The Labute approximate surface area is 89.9 Å². The third kappa shape index (κ3) is 3.77. The molecule has 5 nitrogen and oxygen atoms in total. The van der Waals surface area contributed by atoms with E-state index >= 15 is 0 Å². The van der Waals surface area contributed by atoms with E-state index in [9.17, 15) is 4.79 Å². The lowest BCUT2D eigenvalue weighted by Gasteiger charge is -2.15. The molecule has 0 aromatic rings. The van der Waals surface area contributed by atoms with Crippen LogP contribution in [0.5, 0.6) is 0 Å². The van der Waals surface area contributed by atoms with Crippen molar-refractivity contribution in [2.45, 2.75) is 37.6 Å². The normalized spacial score (nSPS) is 30.7. The second-order valence-electron chi connectivity index (χ2n) is 3.77.